The number of amides is 2. The highest BCUT2D eigenvalue weighted by Gasteiger charge is 2.51. The predicted molar refractivity (Wildman–Crippen MR) is 131 cm³/mol. The van der Waals surface area contributed by atoms with Gasteiger partial charge < -0.3 is 10.2 Å². The Labute approximate surface area is 202 Å². The second-order valence-corrected chi connectivity index (χ2v) is 10.9. The molecule has 4 atom stereocenters. The van der Waals surface area contributed by atoms with Crippen molar-refractivity contribution in [1.82, 2.24) is 20.0 Å². The Morgan fingerprint density at radius 3 is 2.50 bits per heavy atom. The quantitative estimate of drug-likeness (QED) is 0.710. The maximum atomic E-state index is 15.1. The summed E-state index contributed by atoms with van der Waals surface area (Å²) in [6.45, 7) is 8.96. The van der Waals surface area contributed by atoms with Crippen LogP contribution in [0.3, 0.4) is 0 Å². The third-order valence-corrected chi connectivity index (χ3v) is 8.50. The van der Waals surface area contributed by atoms with E-state index < -0.39 is 12.0 Å². The molecule has 1 N–H and O–H groups in total. The molecule has 2 aliphatic heterocycles. The van der Waals surface area contributed by atoms with Crippen molar-refractivity contribution in [3.63, 3.8) is 0 Å². The van der Waals surface area contributed by atoms with Gasteiger partial charge in [-0.05, 0) is 56.1 Å². The van der Waals surface area contributed by atoms with E-state index in [-0.39, 0.29) is 18.5 Å². The minimum atomic E-state index is -2.87. The second-order valence-electron chi connectivity index (χ2n) is 10.9. The number of hydrogen-bond acceptors (Lipinski definition) is 3. The Kier molecular flexibility index (Phi) is 6.68. The number of nitrogens with zero attached hydrogens (tertiary/aromatic N) is 3. The summed E-state index contributed by atoms with van der Waals surface area (Å²) < 4.78 is 30.2. The van der Waals surface area contributed by atoms with E-state index in [4.69, 9.17) is 0 Å². The number of rotatable bonds is 4. The molecule has 2 aliphatic carbocycles. The highest BCUT2D eigenvalue weighted by Crippen LogP contribution is 2.41. The van der Waals surface area contributed by atoms with Crippen LogP contribution in [0.4, 0.5) is 13.6 Å². The molecule has 2 amide bonds. The Morgan fingerprint density at radius 2 is 1.82 bits per heavy atom. The van der Waals surface area contributed by atoms with Gasteiger partial charge in [-0.1, -0.05) is 36.4 Å². The second kappa shape index (κ2) is 9.57. The fraction of sp³-hybridized carbons (Fsp3) is 0.667. The van der Waals surface area contributed by atoms with E-state index in [1.165, 1.54) is 11.1 Å². The van der Waals surface area contributed by atoms with Gasteiger partial charge in [0.2, 0.25) is 0 Å². The molecule has 1 saturated carbocycles. The van der Waals surface area contributed by atoms with E-state index in [1.54, 1.807) is 4.90 Å². The maximum Gasteiger partial charge on any atom is 0.317 e. The number of piperazine rings is 1. The van der Waals surface area contributed by atoms with Crippen LogP contribution in [0.1, 0.15) is 45.1 Å². The maximum absolute atomic E-state index is 15.1. The summed E-state index contributed by atoms with van der Waals surface area (Å²) in [6.07, 6.45) is 4.32. The molecule has 34 heavy (non-hydrogen) atoms. The van der Waals surface area contributed by atoms with Crippen LogP contribution in [0.25, 0.3) is 5.57 Å². The van der Waals surface area contributed by atoms with Crippen molar-refractivity contribution >= 4 is 11.6 Å². The number of likely N-dealkylation sites (tertiary alicyclic amines) is 1. The number of benzene rings is 1. The summed E-state index contributed by atoms with van der Waals surface area (Å²) in [7, 11) is 0. The Bertz CT molecular complexity index is 897. The van der Waals surface area contributed by atoms with Crippen LogP contribution < -0.4 is 5.32 Å². The molecular weight excluding hydrogens is 434 g/mol. The fourth-order valence-corrected chi connectivity index (χ4v) is 6.50. The number of hydrogen-bond donors (Lipinski definition) is 1. The number of halogens is 2. The lowest BCUT2D eigenvalue weighted by molar-refractivity contribution is -0.0971. The molecular formula is C27H38F2N4O. The highest BCUT2D eigenvalue weighted by molar-refractivity contribution is 5.76. The standard InChI is InChI=1S/C27H38F2N4O/c1-19(2)31-11-13-32(14-12-31)24-9-6-10-27(28,29)25(24)30-26(34)33-17-22-15-21(16-23(22)18-33)20-7-4-3-5-8-20/h3-5,7-8,15,19,22-25H,6,9-14,16-18H2,1-2H3,(H,30,34)/t22-,23+,24-,25+/m0/s1. The van der Waals surface area contributed by atoms with Gasteiger partial charge in [-0.3, -0.25) is 9.80 Å². The number of carbonyl (C=O) groups is 1. The first kappa shape index (κ1) is 23.7. The average Bonchev–Trinajstić information content (AvgIpc) is 3.40. The lowest BCUT2D eigenvalue weighted by atomic mass is 9.85. The van der Waals surface area contributed by atoms with Crippen molar-refractivity contribution in [3.05, 3.63) is 42.0 Å². The summed E-state index contributed by atoms with van der Waals surface area (Å²) in [5, 5.41) is 2.83. The van der Waals surface area contributed by atoms with Crippen molar-refractivity contribution in [2.45, 2.75) is 63.6 Å². The van der Waals surface area contributed by atoms with Crippen molar-refractivity contribution < 1.29 is 13.6 Å². The predicted octanol–water partition coefficient (Wildman–Crippen LogP) is 4.31. The summed E-state index contributed by atoms with van der Waals surface area (Å²) in [5.74, 6) is -2.18. The topological polar surface area (TPSA) is 38.8 Å². The zero-order valence-electron chi connectivity index (χ0n) is 20.4. The molecule has 0 radical (unpaired) electrons. The molecule has 7 heteroatoms. The molecule has 0 bridgehead atoms. The van der Waals surface area contributed by atoms with Crippen molar-refractivity contribution in [3.8, 4) is 0 Å². The van der Waals surface area contributed by atoms with Crippen LogP contribution in [0, 0.1) is 11.8 Å². The van der Waals surface area contributed by atoms with Gasteiger partial charge in [-0.25, -0.2) is 13.6 Å². The van der Waals surface area contributed by atoms with E-state index in [2.05, 4.69) is 47.2 Å². The lowest BCUT2D eigenvalue weighted by Gasteiger charge is -2.47. The van der Waals surface area contributed by atoms with Gasteiger partial charge >= 0.3 is 6.03 Å². The fourth-order valence-electron chi connectivity index (χ4n) is 6.50. The number of carbonyl (C=O) groups excluding carboxylic acids is 1. The molecule has 1 aromatic carbocycles. The summed E-state index contributed by atoms with van der Waals surface area (Å²) in [4.78, 5) is 19.6. The van der Waals surface area contributed by atoms with E-state index in [0.29, 0.717) is 37.4 Å². The van der Waals surface area contributed by atoms with Crippen molar-refractivity contribution in [1.29, 1.82) is 0 Å². The van der Waals surface area contributed by atoms with E-state index in [9.17, 15) is 4.79 Å². The molecule has 2 heterocycles. The molecule has 3 fully saturated rings. The van der Waals surface area contributed by atoms with Crippen LogP contribution in [0.2, 0.25) is 0 Å². The third-order valence-electron chi connectivity index (χ3n) is 8.50. The van der Waals surface area contributed by atoms with Crippen LogP contribution in [0.15, 0.2) is 36.4 Å². The van der Waals surface area contributed by atoms with E-state index in [0.717, 1.165) is 39.0 Å². The molecule has 5 rings (SSSR count). The van der Waals surface area contributed by atoms with Crippen LogP contribution in [-0.2, 0) is 0 Å². The van der Waals surface area contributed by atoms with Gasteiger partial charge in [0.05, 0.1) is 0 Å². The van der Waals surface area contributed by atoms with Gasteiger partial charge in [0, 0.05) is 57.8 Å². The zero-order valence-corrected chi connectivity index (χ0v) is 20.4. The molecule has 186 valence electrons. The van der Waals surface area contributed by atoms with Gasteiger partial charge in [0.15, 0.2) is 0 Å². The van der Waals surface area contributed by atoms with Gasteiger partial charge in [-0.15, -0.1) is 0 Å². The normalized spacial score (nSPS) is 32.0. The number of nitrogens with one attached hydrogen (secondary N) is 1. The van der Waals surface area contributed by atoms with Crippen LogP contribution >= 0.6 is 0 Å². The molecule has 0 aromatic heterocycles. The average molecular weight is 473 g/mol. The Balaban J connectivity index is 1.23. The first-order valence-electron chi connectivity index (χ1n) is 13.0. The largest absolute Gasteiger partial charge is 0.328 e. The number of urea groups is 1. The summed E-state index contributed by atoms with van der Waals surface area (Å²) >= 11 is 0. The van der Waals surface area contributed by atoms with Gasteiger partial charge in [0.25, 0.3) is 5.92 Å². The van der Waals surface area contributed by atoms with Crippen molar-refractivity contribution in [2.24, 2.45) is 11.8 Å². The number of alkyl halides is 2. The molecule has 5 nitrogen and oxygen atoms in total. The summed E-state index contributed by atoms with van der Waals surface area (Å²) in [6, 6.07) is 9.11. The molecule has 0 unspecified atom stereocenters. The number of allylic oxidation sites excluding steroid dienone is 1. The zero-order chi connectivity index (χ0) is 23.9. The van der Waals surface area contributed by atoms with Gasteiger partial charge in [-0.2, -0.15) is 0 Å². The van der Waals surface area contributed by atoms with Crippen LogP contribution in [-0.4, -0.2) is 84.0 Å². The Hall–Kier alpha value is -1.99. The number of fused-ring (bicyclic) bond motifs is 1. The molecule has 0 spiro atoms. The highest BCUT2D eigenvalue weighted by atomic mass is 19.3. The Morgan fingerprint density at radius 1 is 1.09 bits per heavy atom. The minimum Gasteiger partial charge on any atom is -0.328 e. The summed E-state index contributed by atoms with van der Waals surface area (Å²) in [5.41, 5.74) is 2.59. The first-order chi connectivity index (χ1) is 16.3. The van der Waals surface area contributed by atoms with E-state index in [1.807, 2.05) is 18.2 Å². The molecule has 4 aliphatic rings. The monoisotopic (exact) mass is 472 g/mol. The lowest BCUT2D eigenvalue weighted by Crippen LogP contribution is -2.65. The third kappa shape index (κ3) is 4.74. The smallest absolute Gasteiger partial charge is 0.317 e. The molecule has 1 aromatic rings. The van der Waals surface area contributed by atoms with Crippen LogP contribution in [0.5, 0.6) is 0 Å². The van der Waals surface area contributed by atoms with E-state index >= 15 is 8.78 Å². The first-order valence-corrected chi connectivity index (χ1v) is 13.0. The van der Waals surface area contributed by atoms with Crippen molar-refractivity contribution in [2.75, 3.05) is 39.3 Å². The minimum absolute atomic E-state index is 0.144. The molecule has 2 saturated heterocycles. The SMILES string of the molecule is CC(C)N1CCN([C@H]2CCCC(F)(F)[C@@H]2NC(=O)N2C[C@H]3CC(c4ccccc4)=C[C@H]3C2)CC1. The van der Waals surface area contributed by atoms with Gasteiger partial charge in [0.1, 0.15) is 6.04 Å².